The number of pyridine rings is 1. The summed E-state index contributed by atoms with van der Waals surface area (Å²) in [4.78, 5) is 13.1. The van der Waals surface area contributed by atoms with Crippen LogP contribution in [0.2, 0.25) is 0 Å². The van der Waals surface area contributed by atoms with Gasteiger partial charge in [0.2, 0.25) is 5.95 Å². The van der Waals surface area contributed by atoms with Crippen LogP contribution >= 0.6 is 15.9 Å². The average Bonchev–Trinajstić information content (AvgIpc) is 3.14. The minimum absolute atomic E-state index is 0.00264. The van der Waals surface area contributed by atoms with Crippen LogP contribution in [0.15, 0.2) is 65.5 Å². The van der Waals surface area contributed by atoms with Gasteiger partial charge in [0.1, 0.15) is 11.3 Å². The molecule has 1 N–H and O–H groups in total. The lowest BCUT2D eigenvalue weighted by Crippen LogP contribution is -2.10. The molecular formula is C20H16BrF2N5. The van der Waals surface area contributed by atoms with E-state index in [-0.39, 0.29) is 17.3 Å². The highest BCUT2D eigenvalue weighted by atomic mass is 79.9. The van der Waals surface area contributed by atoms with Crippen LogP contribution in [0.3, 0.4) is 0 Å². The summed E-state index contributed by atoms with van der Waals surface area (Å²) in [5.74, 6) is 0.439. The molecule has 3 heterocycles. The second-order valence-corrected chi connectivity index (χ2v) is 7.12. The summed E-state index contributed by atoms with van der Waals surface area (Å²) in [6.45, 7) is 2.02. The van der Waals surface area contributed by atoms with Gasteiger partial charge in [0.15, 0.2) is 0 Å². The highest BCUT2D eigenvalue weighted by molar-refractivity contribution is 9.10. The number of alkyl halides is 2. The normalized spacial score (nSPS) is 12.5. The zero-order valence-corrected chi connectivity index (χ0v) is 16.4. The molecule has 0 fully saturated rings. The first-order valence-corrected chi connectivity index (χ1v) is 9.42. The van der Waals surface area contributed by atoms with E-state index >= 15 is 0 Å². The Balaban J connectivity index is 1.72. The molecule has 4 rings (SSSR count). The number of halogens is 3. The maximum absolute atomic E-state index is 13.3. The third-order valence-corrected chi connectivity index (χ3v) is 5.01. The van der Waals surface area contributed by atoms with Gasteiger partial charge in [0, 0.05) is 12.4 Å². The third-order valence-electron chi connectivity index (χ3n) is 4.43. The summed E-state index contributed by atoms with van der Waals surface area (Å²) in [5.41, 5.74) is 2.37. The second-order valence-electron chi connectivity index (χ2n) is 6.27. The van der Waals surface area contributed by atoms with E-state index in [1.54, 1.807) is 29.1 Å². The van der Waals surface area contributed by atoms with Gasteiger partial charge >= 0.3 is 0 Å². The van der Waals surface area contributed by atoms with Crippen LogP contribution in [0.5, 0.6) is 0 Å². The molecule has 0 unspecified atom stereocenters. The number of anilines is 1. The highest BCUT2D eigenvalue weighted by Gasteiger charge is 2.18. The average molecular weight is 444 g/mol. The number of nitrogens with one attached hydrogen (secondary N) is 1. The second kappa shape index (κ2) is 7.63. The van der Waals surface area contributed by atoms with Crippen molar-refractivity contribution in [1.82, 2.24) is 19.4 Å². The fourth-order valence-electron chi connectivity index (χ4n) is 3.01. The third kappa shape index (κ3) is 3.47. The Bertz CT molecular complexity index is 1110. The van der Waals surface area contributed by atoms with E-state index in [0.717, 1.165) is 5.56 Å². The van der Waals surface area contributed by atoms with Crippen molar-refractivity contribution in [3.63, 3.8) is 0 Å². The molecule has 8 heteroatoms. The topological polar surface area (TPSA) is 55.1 Å². The highest BCUT2D eigenvalue weighted by Crippen LogP contribution is 2.31. The largest absolute Gasteiger partial charge is 0.348 e. The Morgan fingerprint density at radius 2 is 1.82 bits per heavy atom. The van der Waals surface area contributed by atoms with Gasteiger partial charge in [-0.2, -0.15) is 0 Å². The van der Waals surface area contributed by atoms with Crippen molar-refractivity contribution < 1.29 is 8.78 Å². The van der Waals surface area contributed by atoms with Gasteiger partial charge in [-0.05, 0) is 40.5 Å². The molecule has 4 aromatic rings. The van der Waals surface area contributed by atoms with Gasteiger partial charge in [0.25, 0.3) is 6.43 Å². The van der Waals surface area contributed by atoms with Gasteiger partial charge in [0.05, 0.1) is 28.0 Å². The van der Waals surface area contributed by atoms with Crippen molar-refractivity contribution in [2.75, 3.05) is 5.32 Å². The minimum atomic E-state index is -2.60. The number of rotatable bonds is 5. The van der Waals surface area contributed by atoms with Crippen LogP contribution in [-0.4, -0.2) is 19.4 Å². The predicted molar refractivity (Wildman–Crippen MR) is 107 cm³/mol. The SMILES string of the molecule is C[C@H](Nc1ncc(Br)c(-c2cnc3c(C(F)F)cccn23)n1)c1ccccc1. The molecule has 0 saturated heterocycles. The molecule has 1 atom stereocenters. The Morgan fingerprint density at radius 3 is 2.57 bits per heavy atom. The molecule has 0 aliphatic heterocycles. The molecule has 28 heavy (non-hydrogen) atoms. The van der Waals surface area contributed by atoms with Crippen LogP contribution in [-0.2, 0) is 0 Å². The molecule has 1 aromatic carbocycles. The van der Waals surface area contributed by atoms with E-state index < -0.39 is 6.43 Å². The monoisotopic (exact) mass is 443 g/mol. The molecule has 0 amide bonds. The van der Waals surface area contributed by atoms with Crippen molar-refractivity contribution in [2.24, 2.45) is 0 Å². The van der Waals surface area contributed by atoms with E-state index in [9.17, 15) is 8.78 Å². The number of imidazole rings is 1. The molecule has 0 bridgehead atoms. The molecular weight excluding hydrogens is 428 g/mol. The molecule has 0 saturated carbocycles. The maximum atomic E-state index is 13.3. The lowest BCUT2D eigenvalue weighted by Gasteiger charge is -2.15. The van der Waals surface area contributed by atoms with E-state index in [0.29, 0.717) is 21.8 Å². The molecule has 5 nitrogen and oxygen atoms in total. The number of fused-ring (bicyclic) bond motifs is 1. The van der Waals surface area contributed by atoms with Gasteiger partial charge in [-0.15, -0.1) is 0 Å². The van der Waals surface area contributed by atoms with Crippen molar-refractivity contribution in [3.8, 4) is 11.4 Å². The number of hydrogen-bond acceptors (Lipinski definition) is 4. The summed E-state index contributed by atoms with van der Waals surface area (Å²) in [6.07, 6.45) is 2.27. The van der Waals surface area contributed by atoms with Crippen molar-refractivity contribution in [1.29, 1.82) is 0 Å². The van der Waals surface area contributed by atoms with Crippen LogP contribution in [0.1, 0.15) is 30.5 Å². The molecule has 0 aliphatic carbocycles. The standard InChI is InChI=1S/C20H16BrF2N5/c1-12(13-6-3-2-4-7-13)26-20-25-10-15(21)17(27-20)16-11-24-19-14(18(22)23)8-5-9-28(16)19/h2-12,18H,1H3,(H,25,26,27)/t12-/m0/s1. The van der Waals surface area contributed by atoms with E-state index in [1.807, 2.05) is 37.3 Å². The first-order chi connectivity index (χ1) is 13.5. The maximum Gasteiger partial charge on any atom is 0.267 e. The first-order valence-electron chi connectivity index (χ1n) is 8.63. The van der Waals surface area contributed by atoms with Crippen LogP contribution in [0, 0.1) is 0 Å². The summed E-state index contributed by atoms with van der Waals surface area (Å²) in [5, 5.41) is 3.27. The van der Waals surface area contributed by atoms with Gasteiger partial charge in [-0.1, -0.05) is 30.3 Å². The van der Waals surface area contributed by atoms with Crippen LogP contribution in [0.4, 0.5) is 14.7 Å². The quantitative estimate of drug-likeness (QED) is 0.431. The molecule has 0 spiro atoms. The predicted octanol–water partition coefficient (Wildman–Crippen LogP) is 5.66. The number of hydrogen-bond donors (Lipinski definition) is 1. The Kier molecular flexibility index (Phi) is 5.04. The Labute approximate surface area is 168 Å². The first kappa shape index (κ1) is 18.5. The summed E-state index contributed by atoms with van der Waals surface area (Å²) < 4.78 is 28.8. The fraction of sp³-hybridized carbons (Fsp3) is 0.150. The molecule has 0 radical (unpaired) electrons. The van der Waals surface area contributed by atoms with Crippen LogP contribution in [0.25, 0.3) is 17.0 Å². The molecule has 142 valence electrons. The van der Waals surface area contributed by atoms with E-state index in [4.69, 9.17) is 0 Å². The summed E-state index contributed by atoms with van der Waals surface area (Å²) in [6, 6.07) is 12.9. The van der Waals surface area contributed by atoms with Crippen molar-refractivity contribution in [2.45, 2.75) is 19.4 Å². The Hall–Kier alpha value is -2.87. The van der Waals surface area contributed by atoms with Crippen LogP contribution < -0.4 is 5.32 Å². The van der Waals surface area contributed by atoms with Crippen molar-refractivity contribution >= 4 is 27.5 Å². The van der Waals surface area contributed by atoms with Gasteiger partial charge in [-0.3, -0.25) is 4.40 Å². The lowest BCUT2D eigenvalue weighted by atomic mass is 10.1. The van der Waals surface area contributed by atoms with Gasteiger partial charge in [-0.25, -0.2) is 23.7 Å². The zero-order chi connectivity index (χ0) is 19.7. The molecule has 0 aliphatic rings. The fourth-order valence-corrected chi connectivity index (χ4v) is 3.41. The summed E-state index contributed by atoms with van der Waals surface area (Å²) >= 11 is 3.45. The lowest BCUT2D eigenvalue weighted by molar-refractivity contribution is 0.152. The van der Waals surface area contributed by atoms with E-state index in [1.165, 1.54) is 6.07 Å². The minimum Gasteiger partial charge on any atom is -0.348 e. The number of nitrogens with zero attached hydrogens (tertiary/aromatic N) is 4. The number of benzene rings is 1. The van der Waals surface area contributed by atoms with E-state index in [2.05, 4.69) is 36.2 Å². The number of aromatic nitrogens is 4. The van der Waals surface area contributed by atoms with Crippen molar-refractivity contribution in [3.05, 3.63) is 76.7 Å². The van der Waals surface area contributed by atoms with Gasteiger partial charge < -0.3 is 5.32 Å². The smallest absolute Gasteiger partial charge is 0.267 e. The summed E-state index contributed by atoms with van der Waals surface area (Å²) in [7, 11) is 0. The Morgan fingerprint density at radius 1 is 1.04 bits per heavy atom. The zero-order valence-electron chi connectivity index (χ0n) is 14.9. The molecule has 3 aromatic heterocycles.